The van der Waals surface area contributed by atoms with E-state index in [4.69, 9.17) is 34.8 Å². The lowest BCUT2D eigenvalue weighted by atomic mass is 10.3. The Morgan fingerprint density at radius 1 is 1.25 bits per heavy atom. The summed E-state index contributed by atoms with van der Waals surface area (Å²) < 4.78 is 0. The Bertz CT molecular complexity index is 394. The van der Waals surface area contributed by atoms with Gasteiger partial charge in [0.2, 0.25) is 0 Å². The van der Waals surface area contributed by atoms with Gasteiger partial charge in [-0.15, -0.1) is 0 Å². The number of carbonyl (C=O) groups is 2. The number of pyridine rings is 1. The molecule has 0 spiro atoms. The van der Waals surface area contributed by atoms with E-state index in [1.54, 1.807) is 0 Å². The molecule has 0 bridgehead atoms. The lowest BCUT2D eigenvalue weighted by molar-refractivity contribution is -0.120. The van der Waals surface area contributed by atoms with E-state index < -0.39 is 16.7 Å². The number of halogens is 3. The van der Waals surface area contributed by atoms with Gasteiger partial charge < -0.3 is 0 Å². The van der Waals surface area contributed by atoms with Gasteiger partial charge in [-0.2, -0.15) is 0 Å². The predicted octanol–water partition coefficient (Wildman–Crippen LogP) is 1.30. The maximum Gasteiger partial charge on any atom is 0.271 e. The maximum atomic E-state index is 11.4. The van der Waals surface area contributed by atoms with Crippen LogP contribution in [0.1, 0.15) is 10.4 Å². The molecule has 1 aromatic heterocycles. The van der Waals surface area contributed by atoms with Crippen LogP contribution in [0.4, 0.5) is 0 Å². The average molecular weight is 283 g/mol. The Kier molecular flexibility index (Phi) is 4.79. The summed E-state index contributed by atoms with van der Waals surface area (Å²) in [5, 5.41) is 0.266. The van der Waals surface area contributed by atoms with E-state index in [1.807, 2.05) is 5.43 Å². The van der Waals surface area contributed by atoms with Crippen molar-refractivity contribution < 1.29 is 9.59 Å². The molecule has 2 N–H and O–H groups in total. The zero-order valence-corrected chi connectivity index (χ0v) is 9.97. The molecule has 0 radical (unpaired) electrons. The van der Waals surface area contributed by atoms with Gasteiger partial charge in [-0.05, 0) is 12.1 Å². The van der Waals surface area contributed by atoms with Crippen LogP contribution in [0.5, 0.6) is 0 Å². The molecule has 2 amide bonds. The minimum absolute atomic E-state index is 0.241. The number of rotatable bonds is 2. The van der Waals surface area contributed by atoms with Crippen molar-refractivity contribution in [2.24, 2.45) is 0 Å². The van der Waals surface area contributed by atoms with E-state index in [-0.39, 0.29) is 10.7 Å². The van der Waals surface area contributed by atoms with Crippen LogP contribution in [0, 0.1) is 0 Å². The number of alkyl halides is 2. The largest absolute Gasteiger partial charge is 0.271 e. The second-order valence-electron chi connectivity index (χ2n) is 2.61. The second-order valence-corrected chi connectivity index (χ2v) is 4.10. The van der Waals surface area contributed by atoms with Crippen LogP contribution < -0.4 is 10.9 Å². The minimum Gasteiger partial charge on any atom is -0.270 e. The van der Waals surface area contributed by atoms with Crippen molar-refractivity contribution in [3.05, 3.63) is 29.0 Å². The molecule has 0 saturated carbocycles. The van der Waals surface area contributed by atoms with E-state index in [2.05, 4.69) is 10.4 Å². The van der Waals surface area contributed by atoms with Crippen LogP contribution in [-0.4, -0.2) is 21.6 Å². The van der Waals surface area contributed by atoms with Gasteiger partial charge in [0.1, 0.15) is 5.15 Å². The van der Waals surface area contributed by atoms with Gasteiger partial charge in [0.05, 0.1) is 5.56 Å². The van der Waals surface area contributed by atoms with Crippen LogP contribution in [0.25, 0.3) is 0 Å². The Labute approximate surface area is 106 Å². The fourth-order valence-electron chi connectivity index (χ4n) is 0.755. The van der Waals surface area contributed by atoms with Gasteiger partial charge in [-0.3, -0.25) is 20.4 Å². The fraction of sp³-hybridized carbons (Fsp3) is 0.125. The van der Waals surface area contributed by atoms with Gasteiger partial charge in [-0.25, -0.2) is 4.98 Å². The number of hydrazine groups is 1. The van der Waals surface area contributed by atoms with Crippen molar-refractivity contribution in [2.45, 2.75) is 4.84 Å². The lowest BCUT2D eigenvalue weighted by Crippen LogP contribution is -2.43. The summed E-state index contributed by atoms with van der Waals surface area (Å²) in [6.45, 7) is 0. The maximum absolute atomic E-state index is 11.4. The zero-order chi connectivity index (χ0) is 12.1. The molecular formula is C8H6Cl3N3O2. The summed E-state index contributed by atoms with van der Waals surface area (Å²) >= 11 is 16.0. The first-order chi connectivity index (χ1) is 7.50. The average Bonchev–Trinajstić information content (AvgIpc) is 2.26. The van der Waals surface area contributed by atoms with Crippen LogP contribution in [0.15, 0.2) is 18.3 Å². The van der Waals surface area contributed by atoms with E-state index in [9.17, 15) is 9.59 Å². The Morgan fingerprint density at radius 2 is 1.94 bits per heavy atom. The van der Waals surface area contributed by atoms with Gasteiger partial charge in [0, 0.05) is 6.20 Å². The lowest BCUT2D eigenvalue weighted by Gasteiger charge is -2.06. The standard InChI is InChI=1S/C8H6Cl3N3O2/c9-5-2-1-4(3-12-5)7(15)13-14-8(16)6(10)11/h1-3,6H,(H,13,15)(H,14,16). The molecule has 5 nitrogen and oxygen atoms in total. The number of carbonyl (C=O) groups excluding carboxylic acids is 2. The molecule has 0 atom stereocenters. The topological polar surface area (TPSA) is 71.1 Å². The highest BCUT2D eigenvalue weighted by Gasteiger charge is 2.12. The first-order valence-electron chi connectivity index (χ1n) is 4.00. The van der Waals surface area contributed by atoms with E-state index in [1.165, 1.54) is 18.3 Å². The number of nitrogens with zero attached hydrogens (tertiary/aromatic N) is 1. The summed E-state index contributed by atoms with van der Waals surface area (Å²) in [7, 11) is 0. The highest BCUT2D eigenvalue weighted by molar-refractivity contribution is 6.53. The SMILES string of the molecule is O=C(NNC(=O)C(Cl)Cl)c1ccc(Cl)nc1. The third-order valence-corrected chi connectivity index (χ3v) is 2.11. The van der Waals surface area contributed by atoms with E-state index in [0.717, 1.165) is 0 Å². The third kappa shape index (κ3) is 3.84. The molecular weight excluding hydrogens is 276 g/mol. The van der Waals surface area contributed by atoms with Gasteiger partial charge in [0.15, 0.2) is 4.84 Å². The quantitative estimate of drug-likeness (QED) is 0.488. The molecule has 1 heterocycles. The third-order valence-electron chi connectivity index (χ3n) is 1.49. The van der Waals surface area contributed by atoms with Crippen LogP contribution in [0.3, 0.4) is 0 Å². The van der Waals surface area contributed by atoms with E-state index >= 15 is 0 Å². The highest BCUT2D eigenvalue weighted by atomic mass is 35.5. The number of hydrogen-bond donors (Lipinski definition) is 2. The molecule has 0 saturated heterocycles. The van der Waals surface area contributed by atoms with Gasteiger partial charge >= 0.3 is 0 Å². The first-order valence-corrected chi connectivity index (χ1v) is 5.25. The smallest absolute Gasteiger partial charge is 0.270 e. The highest BCUT2D eigenvalue weighted by Crippen LogP contribution is 2.04. The Morgan fingerprint density at radius 3 is 2.44 bits per heavy atom. The Balaban J connectivity index is 2.53. The molecule has 0 aromatic carbocycles. The summed E-state index contributed by atoms with van der Waals surface area (Å²) in [4.78, 5) is 24.7. The van der Waals surface area contributed by atoms with Crippen LogP contribution in [0.2, 0.25) is 5.15 Å². The zero-order valence-electron chi connectivity index (χ0n) is 7.71. The minimum atomic E-state index is -1.25. The van der Waals surface area contributed by atoms with Crippen molar-refractivity contribution in [1.82, 2.24) is 15.8 Å². The molecule has 0 fully saturated rings. The summed E-state index contributed by atoms with van der Waals surface area (Å²) in [6, 6.07) is 2.90. The molecule has 16 heavy (non-hydrogen) atoms. The summed E-state index contributed by atoms with van der Waals surface area (Å²) in [5.41, 5.74) is 4.38. The monoisotopic (exact) mass is 281 g/mol. The molecule has 86 valence electrons. The Hall–Kier alpha value is -1.04. The molecule has 0 unspecified atom stereocenters. The summed E-state index contributed by atoms with van der Waals surface area (Å²) in [5.74, 6) is -1.27. The normalized spacial score (nSPS) is 10.0. The van der Waals surface area contributed by atoms with Crippen molar-refractivity contribution in [2.75, 3.05) is 0 Å². The number of nitrogens with one attached hydrogen (secondary N) is 2. The van der Waals surface area contributed by atoms with Crippen LogP contribution >= 0.6 is 34.8 Å². The van der Waals surface area contributed by atoms with Crippen molar-refractivity contribution in [3.63, 3.8) is 0 Å². The van der Waals surface area contributed by atoms with Gasteiger partial charge in [-0.1, -0.05) is 34.8 Å². The molecule has 0 aliphatic heterocycles. The number of amides is 2. The number of aromatic nitrogens is 1. The molecule has 1 rings (SSSR count). The van der Waals surface area contributed by atoms with Crippen LogP contribution in [-0.2, 0) is 4.79 Å². The number of hydrogen-bond acceptors (Lipinski definition) is 3. The molecule has 0 aliphatic rings. The second kappa shape index (κ2) is 5.89. The molecule has 8 heteroatoms. The van der Waals surface area contributed by atoms with Crippen molar-refractivity contribution in [1.29, 1.82) is 0 Å². The predicted molar refractivity (Wildman–Crippen MR) is 60.3 cm³/mol. The first kappa shape index (κ1) is 13.0. The fourth-order valence-corrected chi connectivity index (χ4v) is 0.976. The summed E-state index contributed by atoms with van der Waals surface area (Å²) in [6.07, 6.45) is 1.27. The van der Waals surface area contributed by atoms with E-state index in [0.29, 0.717) is 0 Å². The van der Waals surface area contributed by atoms with Crippen molar-refractivity contribution in [3.8, 4) is 0 Å². The van der Waals surface area contributed by atoms with Crippen molar-refractivity contribution >= 4 is 46.6 Å². The molecule has 1 aromatic rings. The molecule has 0 aliphatic carbocycles. The van der Waals surface area contributed by atoms with Gasteiger partial charge in [0.25, 0.3) is 11.8 Å².